The summed E-state index contributed by atoms with van der Waals surface area (Å²) in [5.74, 6) is -1.54. The highest BCUT2D eigenvalue weighted by Crippen LogP contribution is 2.20. The zero-order valence-corrected chi connectivity index (χ0v) is 17.4. The molecule has 0 saturated heterocycles. The van der Waals surface area contributed by atoms with Crippen molar-refractivity contribution in [3.63, 3.8) is 0 Å². The van der Waals surface area contributed by atoms with Crippen LogP contribution in [0.1, 0.15) is 21.5 Å². The Kier molecular flexibility index (Phi) is 7.24. The fraction of sp³-hybridized carbons (Fsp3) is 0.263. The number of sulfonamides is 1. The smallest absolute Gasteiger partial charge is 0.338 e. The van der Waals surface area contributed by atoms with Crippen molar-refractivity contribution < 1.29 is 27.7 Å². The van der Waals surface area contributed by atoms with Crippen molar-refractivity contribution in [3.8, 4) is 0 Å². The molecule has 0 atom stereocenters. The zero-order chi connectivity index (χ0) is 22.5. The molecule has 1 N–H and O–H groups in total. The van der Waals surface area contributed by atoms with E-state index in [1.807, 2.05) is 0 Å². The summed E-state index contributed by atoms with van der Waals surface area (Å²) in [4.78, 5) is 34.5. The second kappa shape index (κ2) is 9.46. The number of nitrogens with one attached hydrogen (secondary N) is 1. The second-order valence-corrected chi connectivity index (χ2v) is 8.63. The molecule has 0 unspecified atom stereocenters. The molecule has 10 nitrogen and oxygen atoms in total. The predicted molar refractivity (Wildman–Crippen MR) is 107 cm³/mol. The maximum Gasteiger partial charge on any atom is 0.338 e. The lowest BCUT2D eigenvalue weighted by Gasteiger charge is -2.15. The second-order valence-electron chi connectivity index (χ2n) is 6.51. The third kappa shape index (κ3) is 5.39. The van der Waals surface area contributed by atoms with Gasteiger partial charge >= 0.3 is 5.97 Å². The van der Waals surface area contributed by atoms with Gasteiger partial charge in [0.25, 0.3) is 11.6 Å². The number of nitrogens with zero attached hydrogens (tertiary/aromatic N) is 2. The molecular formula is C19H21N3O7S. The molecule has 2 aromatic rings. The SMILES string of the molecule is Cc1ccc(C(=O)OCC(=O)NCc2ccccc2S(=O)(=O)N(C)C)cc1[N+](=O)[O-]. The lowest BCUT2D eigenvalue weighted by Crippen LogP contribution is -2.30. The number of nitro benzene ring substituents is 1. The zero-order valence-electron chi connectivity index (χ0n) is 16.6. The average Bonchev–Trinajstić information content (AvgIpc) is 2.70. The third-order valence-electron chi connectivity index (χ3n) is 4.18. The van der Waals surface area contributed by atoms with Crippen LogP contribution in [0.15, 0.2) is 47.4 Å². The van der Waals surface area contributed by atoms with Crippen LogP contribution in [0.3, 0.4) is 0 Å². The van der Waals surface area contributed by atoms with E-state index in [0.717, 1.165) is 10.4 Å². The van der Waals surface area contributed by atoms with Gasteiger partial charge in [-0.15, -0.1) is 0 Å². The Hall–Kier alpha value is -3.31. The first-order valence-corrected chi connectivity index (χ1v) is 10.2. The first-order chi connectivity index (χ1) is 14.0. The first kappa shape index (κ1) is 23.0. The summed E-state index contributed by atoms with van der Waals surface area (Å²) in [6, 6.07) is 10.1. The Labute approximate surface area is 173 Å². The van der Waals surface area contributed by atoms with Crippen molar-refractivity contribution in [1.82, 2.24) is 9.62 Å². The molecule has 0 aliphatic carbocycles. The van der Waals surface area contributed by atoms with Crippen LogP contribution >= 0.6 is 0 Å². The average molecular weight is 435 g/mol. The van der Waals surface area contributed by atoms with Crippen LogP contribution in [0.25, 0.3) is 0 Å². The topological polar surface area (TPSA) is 136 Å². The van der Waals surface area contributed by atoms with Crippen LogP contribution in [0, 0.1) is 17.0 Å². The van der Waals surface area contributed by atoms with Gasteiger partial charge in [0.2, 0.25) is 10.0 Å². The molecule has 0 aromatic heterocycles. The van der Waals surface area contributed by atoms with E-state index in [1.165, 1.54) is 39.2 Å². The van der Waals surface area contributed by atoms with Crippen molar-refractivity contribution in [2.45, 2.75) is 18.4 Å². The number of amides is 1. The molecule has 0 fully saturated rings. The monoisotopic (exact) mass is 435 g/mol. The quantitative estimate of drug-likeness (QED) is 0.378. The molecule has 0 bridgehead atoms. The van der Waals surface area contributed by atoms with Gasteiger partial charge in [-0.3, -0.25) is 14.9 Å². The van der Waals surface area contributed by atoms with Gasteiger partial charge in [0, 0.05) is 32.3 Å². The summed E-state index contributed by atoms with van der Waals surface area (Å²) >= 11 is 0. The van der Waals surface area contributed by atoms with Gasteiger partial charge in [-0.05, 0) is 24.6 Å². The number of esters is 1. The van der Waals surface area contributed by atoms with E-state index in [4.69, 9.17) is 4.74 Å². The lowest BCUT2D eigenvalue weighted by molar-refractivity contribution is -0.385. The number of hydrogen-bond acceptors (Lipinski definition) is 7. The van der Waals surface area contributed by atoms with Gasteiger partial charge in [0.1, 0.15) is 0 Å². The van der Waals surface area contributed by atoms with Gasteiger partial charge in [-0.25, -0.2) is 17.5 Å². The standard InChI is InChI=1S/C19H21N3O7S/c1-13-8-9-14(10-16(13)22(25)26)19(24)29-12-18(23)20-11-15-6-4-5-7-17(15)30(27,28)21(2)3/h4-10H,11-12H2,1-3H3,(H,20,23). The van der Waals surface area contributed by atoms with Crippen molar-refractivity contribution in [2.75, 3.05) is 20.7 Å². The van der Waals surface area contributed by atoms with Crippen molar-refractivity contribution in [1.29, 1.82) is 0 Å². The summed E-state index contributed by atoms with van der Waals surface area (Å²) in [6.07, 6.45) is 0. The molecule has 30 heavy (non-hydrogen) atoms. The lowest BCUT2D eigenvalue weighted by atomic mass is 10.1. The van der Waals surface area contributed by atoms with E-state index in [9.17, 15) is 28.1 Å². The molecule has 0 spiro atoms. The summed E-state index contributed by atoms with van der Waals surface area (Å²) in [5.41, 5.74) is 0.482. The van der Waals surface area contributed by atoms with E-state index >= 15 is 0 Å². The first-order valence-electron chi connectivity index (χ1n) is 8.73. The molecule has 0 saturated carbocycles. The van der Waals surface area contributed by atoms with Gasteiger partial charge in [0.05, 0.1) is 15.4 Å². The van der Waals surface area contributed by atoms with Crippen molar-refractivity contribution in [3.05, 3.63) is 69.3 Å². The minimum absolute atomic E-state index is 0.0532. The molecule has 0 heterocycles. The van der Waals surface area contributed by atoms with Crippen LogP contribution in [0.4, 0.5) is 5.69 Å². The summed E-state index contributed by atoms with van der Waals surface area (Å²) in [6.45, 7) is 0.827. The molecule has 2 rings (SSSR count). The Morgan fingerprint density at radius 3 is 2.47 bits per heavy atom. The molecule has 0 aliphatic heterocycles. The Bertz CT molecular complexity index is 1080. The highest BCUT2D eigenvalue weighted by molar-refractivity contribution is 7.89. The highest BCUT2D eigenvalue weighted by Gasteiger charge is 2.21. The van der Waals surface area contributed by atoms with E-state index < -0.39 is 33.4 Å². The molecule has 11 heteroatoms. The molecule has 0 radical (unpaired) electrons. The molecule has 2 aromatic carbocycles. The van der Waals surface area contributed by atoms with Crippen molar-refractivity contribution in [2.24, 2.45) is 0 Å². The Morgan fingerprint density at radius 1 is 1.17 bits per heavy atom. The van der Waals surface area contributed by atoms with Crippen LogP contribution in [0.2, 0.25) is 0 Å². The van der Waals surface area contributed by atoms with E-state index in [1.54, 1.807) is 18.2 Å². The maximum absolute atomic E-state index is 12.4. The number of rotatable bonds is 8. The van der Waals surface area contributed by atoms with Gasteiger partial charge < -0.3 is 10.1 Å². The van der Waals surface area contributed by atoms with Crippen LogP contribution in [-0.2, 0) is 26.1 Å². The van der Waals surface area contributed by atoms with Gasteiger partial charge in [-0.2, -0.15) is 0 Å². The molecule has 1 amide bonds. The summed E-state index contributed by atoms with van der Waals surface area (Å²) < 4.78 is 30.7. The number of nitro groups is 1. The number of benzene rings is 2. The minimum atomic E-state index is -3.69. The number of carbonyl (C=O) groups excluding carboxylic acids is 2. The Morgan fingerprint density at radius 2 is 1.83 bits per heavy atom. The summed E-state index contributed by atoms with van der Waals surface area (Å²) in [5, 5.41) is 13.5. The van der Waals surface area contributed by atoms with Crippen LogP contribution in [-0.4, -0.2) is 50.2 Å². The minimum Gasteiger partial charge on any atom is -0.452 e. The molecular weight excluding hydrogens is 414 g/mol. The Balaban J connectivity index is 1.99. The fourth-order valence-electron chi connectivity index (χ4n) is 2.49. The largest absolute Gasteiger partial charge is 0.452 e. The predicted octanol–water partition coefficient (Wildman–Crippen LogP) is 1.63. The molecule has 160 valence electrons. The number of carbonyl (C=O) groups is 2. The van der Waals surface area contributed by atoms with Crippen molar-refractivity contribution >= 4 is 27.6 Å². The maximum atomic E-state index is 12.4. The third-order valence-corrected chi connectivity index (χ3v) is 6.10. The van der Waals surface area contributed by atoms with Gasteiger partial charge in [0.15, 0.2) is 6.61 Å². The number of ether oxygens (including phenoxy) is 1. The number of aryl methyl sites for hydroxylation is 1. The van der Waals surface area contributed by atoms with Gasteiger partial charge in [-0.1, -0.05) is 24.3 Å². The summed E-state index contributed by atoms with van der Waals surface area (Å²) in [7, 11) is -0.886. The van der Waals surface area contributed by atoms with Crippen LogP contribution in [0.5, 0.6) is 0 Å². The van der Waals surface area contributed by atoms with Crippen LogP contribution < -0.4 is 5.32 Å². The van der Waals surface area contributed by atoms with E-state index in [0.29, 0.717) is 11.1 Å². The normalized spacial score (nSPS) is 11.2. The number of hydrogen-bond donors (Lipinski definition) is 1. The van der Waals surface area contributed by atoms with E-state index in [-0.39, 0.29) is 22.7 Å². The highest BCUT2D eigenvalue weighted by atomic mass is 32.2. The fourth-order valence-corrected chi connectivity index (χ4v) is 3.61. The molecule has 0 aliphatic rings. The van der Waals surface area contributed by atoms with E-state index in [2.05, 4.69) is 5.32 Å².